The zero-order valence-electron chi connectivity index (χ0n) is 18.0. The van der Waals surface area contributed by atoms with Gasteiger partial charge in [-0.05, 0) is 62.9 Å². The molecule has 0 saturated heterocycles. The van der Waals surface area contributed by atoms with Gasteiger partial charge in [-0.25, -0.2) is 4.79 Å². The molecule has 152 valence electrons. The first kappa shape index (κ1) is 22.2. The lowest BCUT2D eigenvalue weighted by molar-refractivity contribution is -0.137. The first-order chi connectivity index (χ1) is 13.6. The molecule has 1 aromatic heterocycles. The molecule has 0 atom stereocenters. The van der Waals surface area contributed by atoms with Gasteiger partial charge in [-0.15, -0.1) is 0 Å². The largest absolute Gasteiger partial charge is 0.453 e. The number of aryl methyl sites for hydroxylation is 3. The van der Waals surface area contributed by atoms with Crippen molar-refractivity contribution in [2.45, 2.75) is 48.1 Å². The van der Waals surface area contributed by atoms with Crippen molar-refractivity contribution < 1.29 is 14.3 Å². The third-order valence-electron chi connectivity index (χ3n) is 4.83. The van der Waals surface area contributed by atoms with Gasteiger partial charge in [0.25, 0.3) is 0 Å². The fourth-order valence-electron chi connectivity index (χ4n) is 3.24. The van der Waals surface area contributed by atoms with Crippen LogP contribution in [0.4, 0.5) is 0 Å². The molecule has 1 aromatic carbocycles. The van der Waals surface area contributed by atoms with Crippen molar-refractivity contribution in [1.82, 2.24) is 4.57 Å². The topological polar surface area (TPSA) is 72.1 Å². The number of ether oxygens (including phenoxy) is 1. The number of nitrogens with zero attached hydrogens (tertiary/aromatic N) is 2. The zero-order valence-corrected chi connectivity index (χ0v) is 18.0. The second-order valence-corrected chi connectivity index (χ2v) is 7.82. The Labute approximate surface area is 172 Å². The molecule has 29 heavy (non-hydrogen) atoms. The van der Waals surface area contributed by atoms with E-state index in [1.807, 2.05) is 52.0 Å². The number of carbonyl (C=O) groups excluding carboxylic acids is 2. The lowest BCUT2D eigenvalue weighted by Gasteiger charge is -2.12. The Morgan fingerprint density at radius 1 is 1.17 bits per heavy atom. The normalized spacial score (nSPS) is 11.4. The van der Waals surface area contributed by atoms with E-state index in [0.717, 1.165) is 34.6 Å². The number of carbonyl (C=O) groups is 2. The predicted octanol–water partition coefficient (Wildman–Crippen LogP) is 4.71. The van der Waals surface area contributed by atoms with Crippen LogP contribution in [0.5, 0.6) is 0 Å². The van der Waals surface area contributed by atoms with Gasteiger partial charge in [0, 0.05) is 23.5 Å². The van der Waals surface area contributed by atoms with E-state index in [9.17, 15) is 14.9 Å². The standard InChI is InChI=1S/C24H28N2O3/c1-15(2)13-26-18(5)10-20(19(26)6)11-21(12-25)24(28)29-14-23(27)22-9-16(3)7-8-17(22)4/h7-11,15H,13-14H2,1-6H3. The van der Waals surface area contributed by atoms with Crippen LogP contribution in [0.2, 0.25) is 0 Å². The highest BCUT2D eigenvalue weighted by Gasteiger charge is 2.17. The predicted molar refractivity (Wildman–Crippen MR) is 114 cm³/mol. The molecule has 0 amide bonds. The first-order valence-electron chi connectivity index (χ1n) is 9.70. The summed E-state index contributed by atoms with van der Waals surface area (Å²) in [7, 11) is 0. The van der Waals surface area contributed by atoms with Crippen LogP contribution in [-0.4, -0.2) is 22.9 Å². The monoisotopic (exact) mass is 392 g/mol. The van der Waals surface area contributed by atoms with Gasteiger partial charge < -0.3 is 9.30 Å². The number of esters is 1. The number of ketones is 1. The highest BCUT2D eigenvalue weighted by atomic mass is 16.5. The van der Waals surface area contributed by atoms with Crippen molar-refractivity contribution in [3.63, 3.8) is 0 Å². The third kappa shape index (κ3) is 5.45. The molecule has 1 heterocycles. The Balaban J connectivity index is 2.16. The van der Waals surface area contributed by atoms with E-state index in [4.69, 9.17) is 4.74 Å². The van der Waals surface area contributed by atoms with Gasteiger partial charge in [0.15, 0.2) is 6.61 Å². The number of aromatic nitrogens is 1. The molecule has 0 bridgehead atoms. The molecular formula is C24H28N2O3. The molecular weight excluding hydrogens is 364 g/mol. The molecule has 0 N–H and O–H groups in total. The van der Waals surface area contributed by atoms with Crippen LogP contribution < -0.4 is 0 Å². The summed E-state index contributed by atoms with van der Waals surface area (Å²) in [6.07, 6.45) is 1.53. The Hall–Kier alpha value is -3.13. The van der Waals surface area contributed by atoms with E-state index in [1.54, 1.807) is 6.07 Å². The highest BCUT2D eigenvalue weighted by molar-refractivity contribution is 6.02. The summed E-state index contributed by atoms with van der Waals surface area (Å²) < 4.78 is 7.30. The van der Waals surface area contributed by atoms with Crippen LogP contribution in [0, 0.1) is 44.9 Å². The zero-order chi connectivity index (χ0) is 21.7. The molecule has 2 aromatic rings. The smallest absolute Gasteiger partial charge is 0.349 e. The Morgan fingerprint density at radius 2 is 1.86 bits per heavy atom. The molecule has 0 fully saturated rings. The summed E-state index contributed by atoms with van der Waals surface area (Å²) in [6.45, 7) is 12.4. The minimum Gasteiger partial charge on any atom is -0.453 e. The number of benzene rings is 1. The fraction of sp³-hybridized carbons (Fsp3) is 0.375. The second kappa shape index (κ2) is 9.38. The van der Waals surface area contributed by atoms with Crippen LogP contribution in [0.3, 0.4) is 0 Å². The number of Topliss-reactive ketones (excluding diaryl/α,β-unsaturated/α-hetero) is 1. The molecule has 0 aliphatic carbocycles. The van der Waals surface area contributed by atoms with E-state index in [1.165, 1.54) is 6.08 Å². The summed E-state index contributed by atoms with van der Waals surface area (Å²) in [5.74, 6) is -0.597. The van der Waals surface area contributed by atoms with Gasteiger partial charge in [0.05, 0.1) is 0 Å². The van der Waals surface area contributed by atoms with Gasteiger partial charge in [-0.3, -0.25) is 4.79 Å². The molecule has 5 heteroatoms. The number of nitriles is 1. The minimum absolute atomic E-state index is 0.122. The summed E-state index contributed by atoms with van der Waals surface area (Å²) in [5.41, 5.74) is 5.05. The molecule has 0 unspecified atom stereocenters. The first-order valence-corrected chi connectivity index (χ1v) is 9.70. The average molecular weight is 392 g/mol. The number of hydrogen-bond acceptors (Lipinski definition) is 4. The van der Waals surface area contributed by atoms with Crippen molar-refractivity contribution in [3.05, 3.63) is 63.5 Å². The lowest BCUT2D eigenvalue weighted by Crippen LogP contribution is -2.16. The van der Waals surface area contributed by atoms with Crippen LogP contribution in [0.15, 0.2) is 29.8 Å². The quantitative estimate of drug-likeness (QED) is 0.296. The Morgan fingerprint density at radius 3 is 2.48 bits per heavy atom. The van der Waals surface area contributed by atoms with Crippen LogP contribution >= 0.6 is 0 Å². The van der Waals surface area contributed by atoms with E-state index in [0.29, 0.717) is 11.5 Å². The number of rotatable bonds is 7. The van der Waals surface area contributed by atoms with Crippen molar-refractivity contribution in [3.8, 4) is 6.07 Å². The maximum Gasteiger partial charge on any atom is 0.349 e. The molecule has 2 rings (SSSR count). The maximum atomic E-state index is 12.4. The summed E-state index contributed by atoms with van der Waals surface area (Å²) in [5, 5.41) is 9.42. The van der Waals surface area contributed by atoms with Crippen molar-refractivity contribution >= 4 is 17.8 Å². The van der Waals surface area contributed by atoms with Crippen molar-refractivity contribution in [2.24, 2.45) is 5.92 Å². The minimum atomic E-state index is -0.792. The van der Waals surface area contributed by atoms with Crippen molar-refractivity contribution in [1.29, 1.82) is 5.26 Å². The van der Waals surface area contributed by atoms with Gasteiger partial charge in [-0.2, -0.15) is 5.26 Å². The van der Waals surface area contributed by atoms with Crippen molar-refractivity contribution in [2.75, 3.05) is 6.61 Å². The molecule has 5 nitrogen and oxygen atoms in total. The van der Waals surface area contributed by atoms with Crippen LogP contribution in [-0.2, 0) is 16.1 Å². The average Bonchev–Trinajstić information content (AvgIpc) is 2.92. The highest BCUT2D eigenvalue weighted by Crippen LogP contribution is 2.20. The Kier molecular flexibility index (Phi) is 7.17. The molecule has 0 aliphatic heterocycles. The van der Waals surface area contributed by atoms with E-state index < -0.39 is 12.6 Å². The summed E-state index contributed by atoms with van der Waals surface area (Å²) >= 11 is 0. The van der Waals surface area contributed by atoms with E-state index in [-0.39, 0.29) is 11.4 Å². The fourth-order valence-corrected chi connectivity index (χ4v) is 3.24. The maximum absolute atomic E-state index is 12.4. The van der Waals surface area contributed by atoms with Crippen LogP contribution in [0.1, 0.15) is 52.3 Å². The van der Waals surface area contributed by atoms with Gasteiger partial charge in [0.2, 0.25) is 5.78 Å². The Bertz CT molecular complexity index is 1000. The van der Waals surface area contributed by atoms with E-state index >= 15 is 0 Å². The van der Waals surface area contributed by atoms with Crippen LogP contribution in [0.25, 0.3) is 6.08 Å². The van der Waals surface area contributed by atoms with Gasteiger partial charge >= 0.3 is 5.97 Å². The molecule has 0 spiro atoms. The molecule has 0 radical (unpaired) electrons. The summed E-state index contributed by atoms with van der Waals surface area (Å²) in [4.78, 5) is 24.8. The van der Waals surface area contributed by atoms with E-state index in [2.05, 4.69) is 18.4 Å². The number of hydrogen-bond donors (Lipinski definition) is 0. The molecule has 0 aliphatic rings. The molecule has 0 saturated carbocycles. The SMILES string of the molecule is Cc1ccc(C)c(C(=O)COC(=O)C(C#N)=Cc2cc(C)n(CC(C)C)c2C)c1. The lowest BCUT2D eigenvalue weighted by atomic mass is 10.0. The third-order valence-corrected chi connectivity index (χ3v) is 4.83. The van der Waals surface area contributed by atoms with Gasteiger partial charge in [0.1, 0.15) is 11.6 Å². The second-order valence-electron chi connectivity index (χ2n) is 7.82. The summed E-state index contributed by atoms with van der Waals surface area (Å²) in [6, 6.07) is 9.40. The van der Waals surface area contributed by atoms with Gasteiger partial charge in [-0.1, -0.05) is 31.5 Å².